The molecule has 0 aliphatic carbocycles. The van der Waals surface area contributed by atoms with Crippen LogP contribution in [0, 0.1) is 6.92 Å². The van der Waals surface area contributed by atoms with Gasteiger partial charge in [-0.05, 0) is 74.5 Å². The number of nitrogens with zero attached hydrogens (tertiary/aromatic N) is 3. The van der Waals surface area contributed by atoms with Crippen molar-refractivity contribution in [2.75, 3.05) is 18.4 Å². The van der Waals surface area contributed by atoms with Crippen LogP contribution in [-0.4, -0.2) is 40.3 Å². The highest BCUT2D eigenvalue weighted by Crippen LogP contribution is 2.35. The van der Waals surface area contributed by atoms with Gasteiger partial charge >= 0.3 is 6.18 Å². The van der Waals surface area contributed by atoms with E-state index >= 15 is 0 Å². The number of aromatic nitrogens is 2. The Balaban J connectivity index is 1.38. The number of nitrogens with two attached hydrogens (primary N) is 1. The molecule has 0 spiro atoms. The molecule has 0 radical (unpaired) electrons. The minimum atomic E-state index is -4.44. The lowest BCUT2D eigenvalue weighted by molar-refractivity contribution is -0.138. The second-order valence-electron chi connectivity index (χ2n) is 9.18. The molecule has 0 bridgehead atoms. The molecule has 6 nitrogen and oxygen atoms in total. The molecule has 2 aliphatic rings. The number of benzene rings is 2. The number of hydrogen-bond donors (Lipinski definition) is 2. The highest BCUT2D eigenvalue weighted by Gasteiger charge is 2.34. The molecular weight excluding hydrogens is 443 g/mol. The predicted molar refractivity (Wildman–Crippen MR) is 125 cm³/mol. The van der Waals surface area contributed by atoms with Crippen LogP contribution < -0.4 is 15.8 Å². The van der Waals surface area contributed by atoms with E-state index in [1.165, 1.54) is 32.4 Å². The third-order valence-corrected chi connectivity index (χ3v) is 7.02. The van der Waals surface area contributed by atoms with Gasteiger partial charge in [-0.25, -0.2) is 0 Å². The third-order valence-electron chi connectivity index (χ3n) is 7.02. The van der Waals surface area contributed by atoms with Crippen molar-refractivity contribution in [3.8, 4) is 5.75 Å². The van der Waals surface area contributed by atoms with Gasteiger partial charge in [0.15, 0.2) is 5.82 Å². The number of halogens is 3. The van der Waals surface area contributed by atoms with Gasteiger partial charge in [0, 0.05) is 23.4 Å². The van der Waals surface area contributed by atoms with Crippen molar-refractivity contribution in [1.82, 2.24) is 15.1 Å². The largest absolute Gasteiger partial charge is 0.490 e. The highest BCUT2D eigenvalue weighted by molar-refractivity contribution is 5.92. The van der Waals surface area contributed by atoms with E-state index < -0.39 is 17.9 Å². The van der Waals surface area contributed by atoms with E-state index in [2.05, 4.69) is 20.4 Å². The molecule has 2 saturated heterocycles. The summed E-state index contributed by atoms with van der Waals surface area (Å²) in [6, 6.07) is 10.4. The summed E-state index contributed by atoms with van der Waals surface area (Å²) in [6.07, 6.45) is 0.977. The number of alkyl halides is 3. The predicted octanol–water partition coefficient (Wildman–Crippen LogP) is 5.03. The molecule has 1 aromatic heterocycles. The number of nitrogens with one attached hydrogen (secondary N) is 1. The number of anilines is 1. The Morgan fingerprint density at radius 1 is 1.18 bits per heavy atom. The number of rotatable bonds is 5. The van der Waals surface area contributed by atoms with Crippen molar-refractivity contribution < 1.29 is 17.9 Å². The average Bonchev–Trinajstić information content (AvgIpc) is 3.27. The first-order valence-corrected chi connectivity index (χ1v) is 11.6. The van der Waals surface area contributed by atoms with E-state index in [0.29, 0.717) is 17.4 Å². The van der Waals surface area contributed by atoms with Crippen molar-refractivity contribution in [2.24, 2.45) is 5.73 Å². The topological polar surface area (TPSA) is 76.3 Å². The summed E-state index contributed by atoms with van der Waals surface area (Å²) < 4.78 is 46.3. The summed E-state index contributed by atoms with van der Waals surface area (Å²) in [4.78, 5) is 2.55. The fourth-order valence-electron chi connectivity index (χ4n) is 5.25. The summed E-state index contributed by atoms with van der Waals surface area (Å²) in [7, 11) is 0. The summed E-state index contributed by atoms with van der Waals surface area (Å²) in [5.74, 6) is 1.14. The van der Waals surface area contributed by atoms with E-state index in [4.69, 9.17) is 10.5 Å². The number of ether oxygens (including phenoxy) is 1. The van der Waals surface area contributed by atoms with E-state index in [0.717, 1.165) is 42.0 Å². The van der Waals surface area contributed by atoms with Gasteiger partial charge in [-0.1, -0.05) is 12.1 Å². The van der Waals surface area contributed by atoms with Crippen molar-refractivity contribution in [1.29, 1.82) is 0 Å². The molecule has 3 heterocycles. The van der Waals surface area contributed by atoms with Gasteiger partial charge in [0.05, 0.1) is 11.8 Å². The molecule has 3 atom stereocenters. The molecular formula is C25H28F3N5O. The van der Waals surface area contributed by atoms with Gasteiger partial charge in [-0.3, -0.25) is 0 Å². The van der Waals surface area contributed by atoms with Crippen molar-refractivity contribution in [2.45, 2.75) is 57.1 Å². The van der Waals surface area contributed by atoms with Crippen LogP contribution in [0.3, 0.4) is 0 Å². The van der Waals surface area contributed by atoms with Gasteiger partial charge in [0.25, 0.3) is 0 Å². The van der Waals surface area contributed by atoms with Crippen LogP contribution in [0.1, 0.15) is 48.5 Å². The van der Waals surface area contributed by atoms with E-state index in [1.54, 1.807) is 12.3 Å². The molecule has 2 fully saturated rings. The first-order chi connectivity index (χ1) is 16.3. The lowest BCUT2D eigenvalue weighted by Crippen LogP contribution is -2.42. The summed E-state index contributed by atoms with van der Waals surface area (Å²) in [6.45, 7) is 3.68. The zero-order chi connectivity index (χ0) is 23.9. The van der Waals surface area contributed by atoms with Gasteiger partial charge < -0.3 is 20.7 Å². The van der Waals surface area contributed by atoms with Crippen LogP contribution in [0.25, 0.3) is 10.8 Å². The van der Waals surface area contributed by atoms with Gasteiger partial charge in [0.2, 0.25) is 0 Å². The smallest absolute Gasteiger partial charge is 0.416 e. The molecule has 2 aliphatic heterocycles. The van der Waals surface area contributed by atoms with Crippen molar-refractivity contribution in [3.63, 3.8) is 0 Å². The van der Waals surface area contributed by atoms with Crippen molar-refractivity contribution >= 4 is 16.6 Å². The quantitative estimate of drug-likeness (QED) is 0.508. The Morgan fingerprint density at radius 3 is 2.85 bits per heavy atom. The number of fused-ring (bicyclic) bond motifs is 2. The van der Waals surface area contributed by atoms with Crippen LogP contribution in [0.4, 0.5) is 19.0 Å². The fraction of sp³-hybridized carbons (Fsp3) is 0.440. The second kappa shape index (κ2) is 9.03. The van der Waals surface area contributed by atoms with Crippen LogP contribution in [0.5, 0.6) is 5.75 Å². The minimum Gasteiger partial charge on any atom is -0.490 e. The average molecular weight is 472 g/mol. The van der Waals surface area contributed by atoms with Crippen LogP contribution in [-0.2, 0) is 6.18 Å². The molecule has 0 saturated carbocycles. The van der Waals surface area contributed by atoms with E-state index in [1.807, 2.05) is 18.2 Å². The molecule has 34 heavy (non-hydrogen) atoms. The molecule has 2 unspecified atom stereocenters. The maximum atomic E-state index is 13.3. The Hall–Kier alpha value is -2.91. The Bertz CT molecular complexity index is 1180. The van der Waals surface area contributed by atoms with Gasteiger partial charge in [0.1, 0.15) is 18.0 Å². The van der Waals surface area contributed by atoms with E-state index in [-0.39, 0.29) is 11.7 Å². The zero-order valence-corrected chi connectivity index (χ0v) is 19.0. The fourth-order valence-corrected chi connectivity index (χ4v) is 5.25. The molecule has 9 heteroatoms. The Labute approximate surface area is 196 Å². The van der Waals surface area contributed by atoms with E-state index in [9.17, 15) is 13.2 Å². The maximum absolute atomic E-state index is 13.3. The second-order valence-corrected chi connectivity index (χ2v) is 9.18. The number of hydrogen-bond acceptors (Lipinski definition) is 6. The van der Waals surface area contributed by atoms with Crippen molar-refractivity contribution in [3.05, 3.63) is 59.3 Å². The normalized spacial score (nSPS) is 21.9. The summed E-state index contributed by atoms with van der Waals surface area (Å²) in [5.41, 5.74) is 6.03. The maximum Gasteiger partial charge on any atom is 0.416 e. The Kier molecular flexibility index (Phi) is 6.07. The minimum absolute atomic E-state index is 0.0884. The van der Waals surface area contributed by atoms with Gasteiger partial charge in [-0.15, -0.1) is 5.10 Å². The summed E-state index contributed by atoms with van der Waals surface area (Å²) in [5, 5.41) is 12.9. The van der Waals surface area contributed by atoms with Gasteiger partial charge in [-0.2, -0.15) is 18.3 Å². The van der Waals surface area contributed by atoms with Crippen LogP contribution >= 0.6 is 0 Å². The molecule has 2 aromatic carbocycles. The monoisotopic (exact) mass is 471 g/mol. The lowest BCUT2D eigenvalue weighted by Gasteiger charge is -2.34. The molecule has 3 aromatic rings. The SMILES string of the molecule is Cc1c([C@@H](N)Nc2nncc3ccc(OC4CCN5CCCC5C4)cc23)cccc1C(F)(F)F. The third kappa shape index (κ3) is 4.54. The standard InChI is InChI=1S/C25H28F3N5O/c1-15-20(5-2-6-22(15)25(26,27)28)23(29)31-24-21-13-18(8-7-16(21)14-30-32-24)34-19-9-11-33-10-3-4-17(33)12-19/h2,5-8,13-14,17,19,23H,3-4,9-12,29H2,1H3,(H,31,32)/t17?,19?,23-/m0/s1. The summed E-state index contributed by atoms with van der Waals surface area (Å²) >= 11 is 0. The highest BCUT2D eigenvalue weighted by atomic mass is 19.4. The first-order valence-electron chi connectivity index (χ1n) is 11.6. The molecule has 180 valence electrons. The zero-order valence-electron chi connectivity index (χ0n) is 19.0. The Morgan fingerprint density at radius 2 is 2.03 bits per heavy atom. The molecule has 3 N–H and O–H groups in total. The lowest BCUT2D eigenvalue weighted by atomic mass is 9.99. The first kappa shape index (κ1) is 22.9. The molecule has 0 amide bonds. The number of piperidine rings is 1. The van der Waals surface area contributed by atoms with Crippen LogP contribution in [0.2, 0.25) is 0 Å². The van der Waals surface area contributed by atoms with Crippen LogP contribution in [0.15, 0.2) is 42.6 Å². The molecule has 5 rings (SSSR count).